The summed E-state index contributed by atoms with van der Waals surface area (Å²) in [7, 11) is 1.60. The summed E-state index contributed by atoms with van der Waals surface area (Å²) < 4.78 is 13.9. The lowest BCUT2D eigenvalue weighted by Gasteiger charge is -2.12. The summed E-state index contributed by atoms with van der Waals surface area (Å²) >= 11 is 0. The van der Waals surface area contributed by atoms with E-state index in [1.165, 1.54) is 4.68 Å². The predicted octanol–water partition coefficient (Wildman–Crippen LogP) is 1.26. The van der Waals surface area contributed by atoms with Crippen molar-refractivity contribution in [2.45, 2.75) is 32.4 Å². The van der Waals surface area contributed by atoms with Crippen LogP contribution in [0.1, 0.15) is 18.7 Å². The van der Waals surface area contributed by atoms with Crippen LogP contribution in [-0.2, 0) is 16.1 Å². The van der Waals surface area contributed by atoms with E-state index in [-0.39, 0.29) is 24.1 Å². The molecule has 1 saturated heterocycles. The second kappa shape index (κ2) is 7.03. The Morgan fingerprint density at radius 2 is 2.26 bits per heavy atom. The molecular weight excluding hydrogens is 348 g/mol. The SMILES string of the molecule is COc1cccc2c1cc1c(=O)n(CC(=O)NCC3CCCO3)nc(C)n12. The fraction of sp³-hybridized carbons (Fsp3) is 0.421. The fourth-order valence-electron chi connectivity index (χ4n) is 3.62. The number of carbonyl (C=O) groups excluding carboxylic acids is 1. The van der Waals surface area contributed by atoms with Gasteiger partial charge in [0.25, 0.3) is 5.56 Å². The maximum absolute atomic E-state index is 12.9. The first kappa shape index (κ1) is 17.5. The minimum Gasteiger partial charge on any atom is -0.496 e. The smallest absolute Gasteiger partial charge is 0.291 e. The molecule has 1 amide bonds. The van der Waals surface area contributed by atoms with Gasteiger partial charge in [-0.25, -0.2) is 4.68 Å². The van der Waals surface area contributed by atoms with Gasteiger partial charge in [0.2, 0.25) is 5.91 Å². The molecule has 0 saturated carbocycles. The Bertz CT molecular complexity index is 1060. The number of fused-ring (bicyclic) bond motifs is 3. The number of nitrogens with zero attached hydrogens (tertiary/aromatic N) is 3. The molecule has 4 rings (SSSR count). The lowest BCUT2D eigenvalue weighted by atomic mass is 10.2. The molecule has 1 atom stereocenters. The van der Waals surface area contributed by atoms with Gasteiger partial charge in [-0.05, 0) is 38.0 Å². The number of amides is 1. The van der Waals surface area contributed by atoms with Gasteiger partial charge < -0.3 is 14.8 Å². The average Bonchev–Trinajstić information content (AvgIpc) is 3.31. The number of benzene rings is 1. The van der Waals surface area contributed by atoms with Crippen LogP contribution in [0.4, 0.5) is 0 Å². The van der Waals surface area contributed by atoms with Crippen LogP contribution in [0.2, 0.25) is 0 Å². The number of hydrogen-bond donors (Lipinski definition) is 1. The highest BCUT2D eigenvalue weighted by Crippen LogP contribution is 2.28. The molecule has 142 valence electrons. The number of methoxy groups -OCH3 is 1. The van der Waals surface area contributed by atoms with Gasteiger partial charge in [0, 0.05) is 18.5 Å². The highest BCUT2D eigenvalue weighted by atomic mass is 16.5. The summed E-state index contributed by atoms with van der Waals surface area (Å²) in [5.41, 5.74) is 1.00. The van der Waals surface area contributed by atoms with E-state index in [9.17, 15) is 9.59 Å². The first-order chi connectivity index (χ1) is 13.1. The maximum Gasteiger partial charge on any atom is 0.291 e. The minimum absolute atomic E-state index is 0.0613. The number of carbonyl (C=O) groups is 1. The van der Waals surface area contributed by atoms with Crippen LogP contribution < -0.4 is 15.6 Å². The Balaban J connectivity index is 1.66. The van der Waals surface area contributed by atoms with Crippen molar-refractivity contribution in [3.63, 3.8) is 0 Å². The zero-order valence-corrected chi connectivity index (χ0v) is 15.4. The van der Waals surface area contributed by atoms with Crippen LogP contribution >= 0.6 is 0 Å². The molecule has 0 bridgehead atoms. The largest absolute Gasteiger partial charge is 0.496 e. The molecule has 0 aliphatic carbocycles. The second-order valence-corrected chi connectivity index (χ2v) is 6.71. The number of aryl methyl sites for hydroxylation is 1. The molecule has 1 unspecified atom stereocenters. The lowest BCUT2D eigenvalue weighted by Crippen LogP contribution is -2.38. The van der Waals surface area contributed by atoms with E-state index in [4.69, 9.17) is 9.47 Å². The number of hydrogen-bond acceptors (Lipinski definition) is 5. The number of nitrogens with one attached hydrogen (secondary N) is 1. The molecule has 0 spiro atoms. The topological polar surface area (TPSA) is 86.9 Å². The highest BCUT2D eigenvalue weighted by molar-refractivity contribution is 5.92. The summed E-state index contributed by atoms with van der Waals surface area (Å²) in [4.78, 5) is 25.1. The lowest BCUT2D eigenvalue weighted by molar-refractivity contribution is -0.122. The molecule has 8 nitrogen and oxygen atoms in total. The molecule has 3 heterocycles. The highest BCUT2D eigenvalue weighted by Gasteiger charge is 2.18. The molecule has 1 N–H and O–H groups in total. The van der Waals surface area contributed by atoms with Crippen LogP contribution in [0.5, 0.6) is 5.75 Å². The average molecular weight is 370 g/mol. The predicted molar refractivity (Wildman–Crippen MR) is 100 cm³/mol. The van der Waals surface area contributed by atoms with Crippen molar-refractivity contribution in [1.29, 1.82) is 0 Å². The van der Waals surface area contributed by atoms with E-state index in [1.54, 1.807) is 17.6 Å². The summed E-state index contributed by atoms with van der Waals surface area (Å²) in [6.07, 6.45) is 2.02. The van der Waals surface area contributed by atoms with Crippen LogP contribution in [0.25, 0.3) is 16.4 Å². The van der Waals surface area contributed by atoms with Gasteiger partial charge in [0.1, 0.15) is 23.6 Å². The zero-order chi connectivity index (χ0) is 19.0. The van der Waals surface area contributed by atoms with Crippen molar-refractivity contribution in [2.24, 2.45) is 0 Å². The number of rotatable bonds is 5. The second-order valence-electron chi connectivity index (χ2n) is 6.71. The summed E-state index contributed by atoms with van der Waals surface area (Å²) in [6.45, 7) is 2.89. The molecule has 1 aliphatic heterocycles. The molecule has 1 fully saturated rings. The molecule has 3 aromatic rings. The summed E-state index contributed by atoms with van der Waals surface area (Å²) in [6, 6.07) is 7.42. The Morgan fingerprint density at radius 1 is 1.41 bits per heavy atom. The third-order valence-electron chi connectivity index (χ3n) is 4.91. The van der Waals surface area contributed by atoms with Gasteiger partial charge >= 0.3 is 0 Å². The first-order valence-electron chi connectivity index (χ1n) is 9.02. The molecule has 1 aliphatic rings. The van der Waals surface area contributed by atoms with Gasteiger partial charge in [-0.15, -0.1) is 0 Å². The molecule has 27 heavy (non-hydrogen) atoms. The van der Waals surface area contributed by atoms with Gasteiger partial charge in [-0.2, -0.15) is 5.10 Å². The standard InChI is InChI=1S/C19H22N4O4/c1-12-21-22(11-18(24)20-10-13-5-4-8-27-13)19(25)16-9-14-15(23(12)16)6-3-7-17(14)26-2/h3,6-7,9,13H,4-5,8,10-11H2,1-2H3,(H,20,24). The van der Waals surface area contributed by atoms with Crippen LogP contribution in [0, 0.1) is 6.92 Å². The van der Waals surface area contributed by atoms with Crippen molar-refractivity contribution < 1.29 is 14.3 Å². The van der Waals surface area contributed by atoms with Gasteiger partial charge in [0.05, 0.1) is 18.7 Å². The maximum atomic E-state index is 12.9. The summed E-state index contributed by atoms with van der Waals surface area (Å²) in [5.74, 6) is 1.06. The molecule has 0 radical (unpaired) electrons. The third kappa shape index (κ3) is 3.16. The number of aromatic nitrogens is 3. The van der Waals surface area contributed by atoms with E-state index < -0.39 is 0 Å². The van der Waals surface area contributed by atoms with Crippen molar-refractivity contribution in [1.82, 2.24) is 19.5 Å². The van der Waals surface area contributed by atoms with Gasteiger partial charge in [0.15, 0.2) is 0 Å². The Labute approximate surface area is 155 Å². The Hall–Kier alpha value is -2.87. The minimum atomic E-state index is -0.314. The first-order valence-corrected chi connectivity index (χ1v) is 9.02. The van der Waals surface area contributed by atoms with Gasteiger partial charge in [-0.3, -0.25) is 14.0 Å². The molecular formula is C19H22N4O4. The van der Waals surface area contributed by atoms with Crippen molar-refractivity contribution in [2.75, 3.05) is 20.3 Å². The van der Waals surface area contributed by atoms with Crippen LogP contribution in [-0.4, -0.2) is 46.5 Å². The van der Waals surface area contributed by atoms with Gasteiger partial charge in [-0.1, -0.05) is 6.07 Å². The van der Waals surface area contributed by atoms with Crippen molar-refractivity contribution in [3.05, 3.63) is 40.4 Å². The van der Waals surface area contributed by atoms with Crippen molar-refractivity contribution >= 4 is 22.3 Å². The third-order valence-corrected chi connectivity index (χ3v) is 4.91. The monoisotopic (exact) mass is 370 g/mol. The normalized spacial score (nSPS) is 16.9. The van der Waals surface area contributed by atoms with E-state index >= 15 is 0 Å². The van der Waals surface area contributed by atoms with Crippen LogP contribution in [0.3, 0.4) is 0 Å². The summed E-state index contributed by atoms with van der Waals surface area (Å²) in [5, 5.41) is 7.99. The zero-order valence-electron chi connectivity index (χ0n) is 15.4. The van der Waals surface area contributed by atoms with E-state index in [1.807, 2.05) is 25.1 Å². The van der Waals surface area contributed by atoms with E-state index in [2.05, 4.69) is 10.4 Å². The Kier molecular flexibility index (Phi) is 4.57. The quantitative estimate of drug-likeness (QED) is 0.731. The molecule has 1 aromatic carbocycles. The van der Waals surface area contributed by atoms with Crippen molar-refractivity contribution in [3.8, 4) is 5.75 Å². The number of ether oxygens (including phenoxy) is 2. The van der Waals surface area contributed by atoms with Crippen LogP contribution in [0.15, 0.2) is 29.1 Å². The molecule has 2 aromatic heterocycles. The Morgan fingerprint density at radius 3 is 3.00 bits per heavy atom. The fourth-order valence-corrected chi connectivity index (χ4v) is 3.62. The molecule has 8 heteroatoms. The van der Waals surface area contributed by atoms with E-state index in [0.717, 1.165) is 30.4 Å². The van der Waals surface area contributed by atoms with E-state index in [0.29, 0.717) is 23.6 Å².